The third-order valence-electron chi connectivity index (χ3n) is 4.49. The lowest BCUT2D eigenvalue weighted by molar-refractivity contribution is 0.102. The van der Waals surface area contributed by atoms with Crippen molar-refractivity contribution in [1.29, 1.82) is 0 Å². The maximum absolute atomic E-state index is 13.0. The second-order valence-electron chi connectivity index (χ2n) is 6.79. The van der Waals surface area contributed by atoms with Crippen LogP contribution in [0.25, 0.3) is 5.69 Å². The second-order valence-corrected chi connectivity index (χ2v) is 8.56. The summed E-state index contributed by atoms with van der Waals surface area (Å²) in [7, 11) is -3.65. The maximum atomic E-state index is 13.0. The monoisotopic (exact) mass is 412 g/mol. The first-order chi connectivity index (χ1) is 13.7. The van der Waals surface area contributed by atoms with Crippen molar-refractivity contribution < 1.29 is 13.2 Å². The van der Waals surface area contributed by atoms with E-state index in [9.17, 15) is 13.2 Å². The number of anilines is 1. The third-order valence-corrected chi connectivity index (χ3v) is 6.03. The van der Waals surface area contributed by atoms with Gasteiger partial charge in [0.25, 0.3) is 5.91 Å². The Balaban J connectivity index is 1.97. The Bertz CT molecular complexity index is 1170. The Hall–Kier alpha value is -2.97. The highest BCUT2D eigenvalue weighted by atomic mass is 32.2. The molecule has 0 spiro atoms. The lowest BCUT2D eigenvalue weighted by Gasteiger charge is -2.14. The van der Waals surface area contributed by atoms with Crippen LogP contribution in [0.1, 0.15) is 34.2 Å². The van der Waals surface area contributed by atoms with Crippen LogP contribution in [-0.4, -0.2) is 30.7 Å². The summed E-state index contributed by atoms with van der Waals surface area (Å²) < 4.78 is 28.8. The number of amides is 1. The van der Waals surface area contributed by atoms with E-state index in [0.29, 0.717) is 16.8 Å². The van der Waals surface area contributed by atoms with E-state index in [1.807, 2.05) is 38.1 Å². The number of carbonyl (C=O) groups excluding carboxylic acids is 1. The number of aryl methyl sites for hydroxylation is 3. The van der Waals surface area contributed by atoms with Gasteiger partial charge in [-0.05, 0) is 56.7 Å². The fourth-order valence-corrected chi connectivity index (χ4v) is 4.18. The molecule has 1 amide bonds. The van der Waals surface area contributed by atoms with E-state index >= 15 is 0 Å². The number of aromatic nitrogens is 2. The van der Waals surface area contributed by atoms with E-state index in [0.717, 1.165) is 17.1 Å². The van der Waals surface area contributed by atoms with Crippen molar-refractivity contribution in [3.05, 3.63) is 71.0 Å². The molecule has 152 valence electrons. The number of hydrogen-bond acceptors (Lipinski definition) is 4. The topological polar surface area (TPSA) is 93.1 Å². The fraction of sp³-hybridized carbons (Fsp3) is 0.238. The van der Waals surface area contributed by atoms with Gasteiger partial charge in [-0.2, -0.15) is 5.10 Å². The van der Waals surface area contributed by atoms with Crippen LogP contribution in [0.2, 0.25) is 0 Å². The normalized spacial score (nSPS) is 11.4. The zero-order chi connectivity index (χ0) is 21.2. The molecule has 0 radical (unpaired) electrons. The summed E-state index contributed by atoms with van der Waals surface area (Å²) >= 11 is 0. The van der Waals surface area contributed by atoms with Crippen molar-refractivity contribution in [3.8, 4) is 5.69 Å². The molecule has 0 unspecified atom stereocenters. The minimum atomic E-state index is -3.65. The standard InChI is InChI=1S/C21H24N4O3S/c1-5-22-29(27,28)17-11-10-14(2)18(13-17)21(26)23-19-8-6-7-9-20(19)25-16(4)12-15(3)24-25/h6-13,22H,5H2,1-4H3,(H,23,26). The molecule has 7 nitrogen and oxygen atoms in total. The quantitative estimate of drug-likeness (QED) is 0.649. The molecule has 2 N–H and O–H groups in total. The SMILES string of the molecule is CCNS(=O)(=O)c1ccc(C)c(C(=O)Nc2ccccc2-n2nc(C)cc2C)c1. The molecule has 8 heteroatoms. The number of benzene rings is 2. The summed E-state index contributed by atoms with van der Waals surface area (Å²) in [5.74, 6) is -0.384. The molecule has 3 rings (SSSR count). The Morgan fingerprint density at radius 3 is 2.45 bits per heavy atom. The molecule has 0 aliphatic heterocycles. The molecule has 0 fully saturated rings. The highest BCUT2D eigenvalue weighted by Crippen LogP contribution is 2.23. The minimum Gasteiger partial charge on any atom is -0.320 e. The molecule has 0 aliphatic carbocycles. The average molecular weight is 413 g/mol. The van der Waals surface area contributed by atoms with Crippen LogP contribution in [0.4, 0.5) is 5.69 Å². The highest BCUT2D eigenvalue weighted by Gasteiger charge is 2.18. The van der Waals surface area contributed by atoms with Gasteiger partial charge in [-0.1, -0.05) is 25.1 Å². The number of nitrogens with one attached hydrogen (secondary N) is 2. The van der Waals surface area contributed by atoms with Gasteiger partial charge in [-0.25, -0.2) is 17.8 Å². The van der Waals surface area contributed by atoms with Gasteiger partial charge in [0.15, 0.2) is 0 Å². The van der Waals surface area contributed by atoms with Crippen LogP contribution in [0, 0.1) is 20.8 Å². The first kappa shape index (κ1) is 20.8. The van der Waals surface area contributed by atoms with Crippen LogP contribution in [-0.2, 0) is 10.0 Å². The molecular formula is C21H24N4O3S. The number of hydrogen-bond donors (Lipinski definition) is 2. The number of sulfonamides is 1. The van der Waals surface area contributed by atoms with Gasteiger partial charge in [0.1, 0.15) is 0 Å². The highest BCUT2D eigenvalue weighted by molar-refractivity contribution is 7.89. The summed E-state index contributed by atoms with van der Waals surface area (Å²) in [6, 6.07) is 13.8. The summed E-state index contributed by atoms with van der Waals surface area (Å²) in [5.41, 5.74) is 4.12. The molecule has 0 bridgehead atoms. The average Bonchev–Trinajstić information content (AvgIpc) is 3.00. The van der Waals surface area contributed by atoms with E-state index in [2.05, 4.69) is 15.1 Å². The summed E-state index contributed by atoms with van der Waals surface area (Å²) in [4.78, 5) is 13.0. The zero-order valence-corrected chi connectivity index (χ0v) is 17.7. The summed E-state index contributed by atoms with van der Waals surface area (Å²) in [5, 5.41) is 7.38. The maximum Gasteiger partial charge on any atom is 0.256 e. The van der Waals surface area contributed by atoms with Crippen LogP contribution in [0.3, 0.4) is 0 Å². The predicted molar refractivity (Wildman–Crippen MR) is 113 cm³/mol. The molecule has 3 aromatic rings. The van der Waals surface area contributed by atoms with E-state index in [1.54, 1.807) is 30.7 Å². The van der Waals surface area contributed by atoms with Crippen LogP contribution < -0.4 is 10.0 Å². The summed E-state index contributed by atoms with van der Waals surface area (Å²) in [6.07, 6.45) is 0. The number of carbonyl (C=O) groups is 1. The van der Waals surface area contributed by atoms with E-state index < -0.39 is 10.0 Å². The largest absolute Gasteiger partial charge is 0.320 e. The van der Waals surface area contributed by atoms with E-state index in [4.69, 9.17) is 0 Å². The first-order valence-electron chi connectivity index (χ1n) is 9.27. The van der Waals surface area contributed by atoms with E-state index in [-0.39, 0.29) is 17.3 Å². The molecular weight excluding hydrogens is 388 g/mol. The van der Waals surface area contributed by atoms with E-state index in [1.165, 1.54) is 12.1 Å². The fourth-order valence-electron chi connectivity index (χ4n) is 3.11. The minimum absolute atomic E-state index is 0.0573. The van der Waals surface area contributed by atoms with Gasteiger partial charge < -0.3 is 5.32 Å². The second kappa shape index (κ2) is 8.18. The molecule has 0 atom stereocenters. The van der Waals surface area contributed by atoms with Crippen LogP contribution in [0.5, 0.6) is 0 Å². The predicted octanol–water partition coefficient (Wildman–Crippen LogP) is 3.35. The Kier molecular flexibility index (Phi) is 5.86. The Morgan fingerprint density at radius 2 is 1.79 bits per heavy atom. The molecule has 1 aromatic heterocycles. The molecule has 0 saturated heterocycles. The lowest BCUT2D eigenvalue weighted by atomic mass is 10.1. The summed E-state index contributed by atoms with van der Waals surface area (Å²) in [6.45, 7) is 7.59. The Labute approximate surface area is 170 Å². The van der Waals surface area contributed by atoms with Crippen molar-refractivity contribution in [2.24, 2.45) is 0 Å². The third kappa shape index (κ3) is 4.38. The van der Waals surface area contributed by atoms with Crippen molar-refractivity contribution >= 4 is 21.6 Å². The van der Waals surface area contributed by atoms with Gasteiger partial charge in [0.2, 0.25) is 10.0 Å². The van der Waals surface area contributed by atoms with Gasteiger partial charge >= 0.3 is 0 Å². The van der Waals surface area contributed by atoms with Crippen molar-refractivity contribution in [2.45, 2.75) is 32.6 Å². The van der Waals surface area contributed by atoms with Gasteiger partial charge in [0.05, 0.1) is 22.0 Å². The molecule has 0 saturated carbocycles. The number of rotatable bonds is 6. The van der Waals surface area contributed by atoms with Crippen molar-refractivity contribution in [2.75, 3.05) is 11.9 Å². The molecule has 2 aromatic carbocycles. The van der Waals surface area contributed by atoms with Crippen LogP contribution >= 0.6 is 0 Å². The smallest absolute Gasteiger partial charge is 0.256 e. The Morgan fingerprint density at radius 1 is 1.07 bits per heavy atom. The molecule has 29 heavy (non-hydrogen) atoms. The number of nitrogens with zero attached hydrogens (tertiary/aromatic N) is 2. The van der Waals surface area contributed by atoms with Gasteiger partial charge in [-0.15, -0.1) is 0 Å². The van der Waals surface area contributed by atoms with Crippen LogP contribution in [0.15, 0.2) is 53.4 Å². The first-order valence-corrected chi connectivity index (χ1v) is 10.8. The lowest BCUT2D eigenvalue weighted by Crippen LogP contribution is -2.24. The van der Waals surface area contributed by atoms with Gasteiger partial charge in [0, 0.05) is 17.8 Å². The molecule has 0 aliphatic rings. The van der Waals surface area contributed by atoms with Crippen molar-refractivity contribution in [3.63, 3.8) is 0 Å². The number of para-hydroxylation sites is 2. The molecule has 1 heterocycles. The zero-order valence-electron chi connectivity index (χ0n) is 16.9. The van der Waals surface area contributed by atoms with Crippen molar-refractivity contribution in [1.82, 2.24) is 14.5 Å². The van der Waals surface area contributed by atoms with Gasteiger partial charge in [-0.3, -0.25) is 4.79 Å².